The molecule has 1 aliphatic rings. The van der Waals surface area contributed by atoms with E-state index in [1.54, 1.807) is 24.3 Å². The van der Waals surface area contributed by atoms with Gasteiger partial charge in [-0.25, -0.2) is 0 Å². The molecule has 1 atom stereocenters. The van der Waals surface area contributed by atoms with Gasteiger partial charge in [-0.2, -0.15) is 0 Å². The second kappa shape index (κ2) is 9.19. The van der Waals surface area contributed by atoms with Gasteiger partial charge < -0.3 is 20.1 Å². The maximum atomic E-state index is 12.3. The third-order valence-corrected chi connectivity index (χ3v) is 4.38. The molecule has 2 aromatic carbocycles. The molecule has 1 heterocycles. The summed E-state index contributed by atoms with van der Waals surface area (Å²) in [6.45, 7) is 3.08. The summed E-state index contributed by atoms with van der Waals surface area (Å²) in [4.78, 5) is 24.4. The van der Waals surface area contributed by atoms with Crippen LogP contribution in [-0.2, 0) is 9.53 Å². The molecule has 6 heteroatoms. The van der Waals surface area contributed by atoms with Gasteiger partial charge in [-0.1, -0.05) is 24.3 Å². The molecule has 27 heavy (non-hydrogen) atoms. The summed E-state index contributed by atoms with van der Waals surface area (Å²) in [7, 11) is 0. The lowest BCUT2D eigenvalue weighted by Gasteiger charge is -2.12. The normalized spacial score (nSPS) is 16.0. The second-order valence-corrected chi connectivity index (χ2v) is 6.53. The molecular weight excluding hydrogens is 344 g/mol. The van der Waals surface area contributed by atoms with Gasteiger partial charge >= 0.3 is 0 Å². The Morgan fingerprint density at radius 2 is 2.04 bits per heavy atom. The second-order valence-electron chi connectivity index (χ2n) is 6.53. The number of aryl methyl sites for hydroxylation is 1. The standard InChI is InChI=1S/C21H24N2O4/c1-15-6-2-3-10-19(15)27-14-20(24)23-17-8-4-7-16(12-17)21(25)22-13-18-9-5-11-26-18/h2-4,6-8,10,12,18H,5,9,11,13-14H2,1H3,(H,22,25)(H,23,24). The Bertz CT molecular complexity index is 800. The summed E-state index contributed by atoms with van der Waals surface area (Å²) in [6, 6.07) is 14.4. The zero-order valence-corrected chi connectivity index (χ0v) is 15.4. The van der Waals surface area contributed by atoms with E-state index in [0.29, 0.717) is 23.5 Å². The Morgan fingerprint density at radius 3 is 2.81 bits per heavy atom. The lowest BCUT2D eigenvalue weighted by atomic mass is 10.1. The molecule has 0 radical (unpaired) electrons. The molecule has 1 aliphatic heterocycles. The first kappa shape index (κ1) is 18.9. The molecule has 0 bridgehead atoms. The summed E-state index contributed by atoms with van der Waals surface area (Å²) >= 11 is 0. The summed E-state index contributed by atoms with van der Waals surface area (Å²) in [5.74, 6) is 0.211. The summed E-state index contributed by atoms with van der Waals surface area (Å²) < 4.78 is 11.0. The van der Waals surface area contributed by atoms with Gasteiger partial charge in [0.25, 0.3) is 11.8 Å². The zero-order valence-electron chi connectivity index (χ0n) is 15.4. The topological polar surface area (TPSA) is 76.7 Å². The summed E-state index contributed by atoms with van der Waals surface area (Å²) in [5.41, 5.74) is 2.01. The highest BCUT2D eigenvalue weighted by molar-refractivity contribution is 5.97. The minimum atomic E-state index is -0.282. The number of nitrogens with one attached hydrogen (secondary N) is 2. The fourth-order valence-corrected chi connectivity index (χ4v) is 2.91. The Hall–Kier alpha value is -2.86. The highest BCUT2D eigenvalue weighted by atomic mass is 16.5. The predicted molar refractivity (Wildman–Crippen MR) is 103 cm³/mol. The molecule has 0 aliphatic carbocycles. The maximum absolute atomic E-state index is 12.3. The molecular formula is C21H24N2O4. The van der Waals surface area contributed by atoms with Crippen LogP contribution in [0.3, 0.4) is 0 Å². The number of hydrogen-bond donors (Lipinski definition) is 2. The Balaban J connectivity index is 1.51. The van der Waals surface area contributed by atoms with Crippen molar-refractivity contribution in [3.8, 4) is 5.75 Å². The largest absolute Gasteiger partial charge is 0.483 e. The number of anilines is 1. The van der Waals surface area contributed by atoms with Crippen LogP contribution in [0.2, 0.25) is 0 Å². The molecule has 0 saturated carbocycles. The first-order chi connectivity index (χ1) is 13.1. The molecule has 1 unspecified atom stereocenters. The van der Waals surface area contributed by atoms with E-state index in [-0.39, 0.29) is 24.5 Å². The van der Waals surface area contributed by atoms with Crippen molar-refractivity contribution in [3.05, 3.63) is 59.7 Å². The van der Waals surface area contributed by atoms with E-state index >= 15 is 0 Å². The molecule has 1 saturated heterocycles. The van der Waals surface area contributed by atoms with Crippen LogP contribution in [0.1, 0.15) is 28.8 Å². The van der Waals surface area contributed by atoms with Crippen molar-refractivity contribution in [1.82, 2.24) is 5.32 Å². The van der Waals surface area contributed by atoms with E-state index in [9.17, 15) is 9.59 Å². The van der Waals surface area contributed by atoms with Crippen LogP contribution in [0.15, 0.2) is 48.5 Å². The Kier molecular flexibility index (Phi) is 6.44. The van der Waals surface area contributed by atoms with E-state index in [2.05, 4.69) is 10.6 Å². The lowest BCUT2D eigenvalue weighted by molar-refractivity contribution is -0.118. The van der Waals surface area contributed by atoms with Gasteiger partial charge in [0.2, 0.25) is 0 Å². The number of rotatable bonds is 7. The number of carbonyl (C=O) groups excluding carboxylic acids is 2. The quantitative estimate of drug-likeness (QED) is 0.788. The minimum Gasteiger partial charge on any atom is -0.483 e. The van der Waals surface area contributed by atoms with E-state index in [1.807, 2.05) is 31.2 Å². The number of carbonyl (C=O) groups is 2. The van der Waals surface area contributed by atoms with E-state index < -0.39 is 0 Å². The van der Waals surface area contributed by atoms with Crippen LogP contribution in [0, 0.1) is 6.92 Å². The lowest BCUT2D eigenvalue weighted by Crippen LogP contribution is -2.31. The summed E-state index contributed by atoms with van der Waals surface area (Å²) in [5, 5.41) is 5.63. The Labute approximate surface area is 158 Å². The van der Waals surface area contributed by atoms with E-state index in [4.69, 9.17) is 9.47 Å². The smallest absolute Gasteiger partial charge is 0.262 e. The maximum Gasteiger partial charge on any atom is 0.262 e. The van der Waals surface area contributed by atoms with Crippen molar-refractivity contribution in [1.29, 1.82) is 0 Å². The third-order valence-electron chi connectivity index (χ3n) is 4.38. The average Bonchev–Trinajstić information content (AvgIpc) is 3.19. The van der Waals surface area contributed by atoms with Crippen LogP contribution >= 0.6 is 0 Å². The first-order valence-electron chi connectivity index (χ1n) is 9.10. The summed E-state index contributed by atoms with van der Waals surface area (Å²) in [6.07, 6.45) is 2.10. The SMILES string of the molecule is Cc1ccccc1OCC(=O)Nc1cccc(C(=O)NCC2CCCO2)c1. The molecule has 1 fully saturated rings. The van der Waals surface area contributed by atoms with Crippen LogP contribution in [-0.4, -0.2) is 37.7 Å². The highest BCUT2D eigenvalue weighted by Crippen LogP contribution is 2.16. The Morgan fingerprint density at radius 1 is 1.19 bits per heavy atom. The van der Waals surface area contributed by atoms with Gasteiger partial charge in [-0.3, -0.25) is 9.59 Å². The molecule has 2 aromatic rings. The van der Waals surface area contributed by atoms with Crippen molar-refractivity contribution < 1.29 is 19.1 Å². The number of amides is 2. The molecule has 2 amide bonds. The average molecular weight is 368 g/mol. The molecule has 3 rings (SSSR count). The monoisotopic (exact) mass is 368 g/mol. The van der Waals surface area contributed by atoms with Crippen molar-refractivity contribution in [2.24, 2.45) is 0 Å². The number of para-hydroxylation sites is 1. The molecule has 142 valence electrons. The fraction of sp³-hybridized carbons (Fsp3) is 0.333. The van der Waals surface area contributed by atoms with E-state index in [0.717, 1.165) is 25.0 Å². The van der Waals surface area contributed by atoms with Crippen molar-refractivity contribution >= 4 is 17.5 Å². The molecule has 0 spiro atoms. The van der Waals surface area contributed by atoms with Gasteiger partial charge in [0.1, 0.15) is 5.75 Å². The van der Waals surface area contributed by atoms with Gasteiger partial charge in [0, 0.05) is 24.4 Å². The van der Waals surface area contributed by atoms with Gasteiger partial charge in [-0.15, -0.1) is 0 Å². The third kappa shape index (κ3) is 5.56. The minimum absolute atomic E-state index is 0.0930. The van der Waals surface area contributed by atoms with Gasteiger partial charge in [0.05, 0.1) is 6.10 Å². The molecule has 6 nitrogen and oxygen atoms in total. The predicted octanol–water partition coefficient (Wildman–Crippen LogP) is 2.92. The van der Waals surface area contributed by atoms with Gasteiger partial charge in [0.15, 0.2) is 6.61 Å². The van der Waals surface area contributed by atoms with Crippen LogP contribution in [0.5, 0.6) is 5.75 Å². The molecule has 0 aromatic heterocycles. The van der Waals surface area contributed by atoms with Crippen LogP contribution in [0.4, 0.5) is 5.69 Å². The number of ether oxygens (including phenoxy) is 2. The first-order valence-corrected chi connectivity index (χ1v) is 9.10. The fourth-order valence-electron chi connectivity index (χ4n) is 2.91. The highest BCUT2D eigenvalue weighted by Gasteiger charge is 2.17. The zero-order chi connectivity index (χ0) is 19.1. The van der Waals surface area contributed by atoms with Crippen molar-refractivity contribution in [3.63, 3.8) is 0 Å². The van der Waals surface area contributed by atoms with E-state index in [1.165, 1.54) is 0 Å². The van der Waals surface area contributed by atoms with Crippen molar-refractivity contribution in [2.75, 3.05) is 25.1 Å². The van der Waals surface area contributed by atoms with Crippen molar-refractivity contribution in [2.45, 2.75) is 25.9 Å². The molecule has 2 N–H and O–H groups in total. The number of hydrogen-bond acceptors (Lipinski definition) is 4. The van der Waals surface area contributed by atoms with Crippen LogP contribution in [0.25, 0.3) is 0 Å². The van der Waals surface area contributed by atoms with Gasteiger partial charge in [-0.05, 0) is 49.6 Å². The van der Waals surface area contributed by atoms with Crippen LogP contribution < -0.4 is 15.4 Å². The number of benzene rings is 2.